The second-order valence-corrected chi connectivity index (χ2v) is 5.92. The fourth-order valence-corrected chi connectivity index (χ4v) is 3.08. The number of anilines is 1. The molecule has 0 unspecified atom stereocenters. The highest BCUT2D eigenvalue weighted by Gasteiger charge is 2.39. The fraction of sp³-hybridized carbons (Fsp3) is 0.222. The molecule has 0 N–H and O–H groups in total. The first-order valence-electron chi connectivity index (χ1n) is 8.06. The van der Waals surface area contributed by atoms with Crippen molar-refractivity contribution in [2.45, 2.75) is 12.8 Å². The summed E-state index contributed by atoms with van der Waals surface area (Å²) in [5.41, 5.74) is 1.38. The first-order valence-corrected chi connectivity index (χ1v) is 8.06. The van der Waals surface area contributed by atoms with Crippen molar-refractivity contribution in [2.24, 2.45) is 0 Å². The van der Waals surface area contributed by atoms with Gasteiger partial charge in [-0.05, 0) is 37.1 Å². The van der Waals surface area contributed by atoms with Gasteiger partial charge in [-0.15, -0.1) is 0 Å². The van der Waals surface area contributed by atoms with Gasteiger partial charge >= 0.3 is 5.97 Å². The van der Waals surface area contributed by atoms with Crippen LogP contribution in [0.25, 0.3) is 0 Å². The van der Waals surface area contributed by atoms with Gasteiger partial charge in [-0.25, -0.2) is 9.78 Å². The maximum absolute atomic E-state index is 12.4. The van der Waals surface area contributed by atoms with Crippen LogP contribution < -0.4 is 4.90 Å². The Hall–Kier alpha value is -3.22. The molecule has 3 heterocycles. The average Bonchev–Trinajstić information content (AvgIpc) is 3.26. The molecule has 25 heavy (non-hydrogen) atoms. The van der Waals surface area contributed by atoms with E-state index < -0.39 is 17.8 Å². The highest BCUT2D eigenvalue weighted by molar-refractivity contribution is 6.21. The van der Waals surface area contributed by atoms with Crippen molar-refractivity contribution in [3.05, 3.63) is 59.4 Å². The maximum atomic E-state index is 12.4. The predicted molar refractivity (Wildman–Crippen MR) is 88.0 cm³/mol. The van der Waals surface area contributed by atoms with Crippen molar-refractivity contribution >= 4 is 23.5 Å². The summed E-state index contributed by atoms with van der Waals surface area (Å²) in [6.45, 7) is 1.85. The molecule has 0 atom stereocenters. The van der Waals surface area contributed by atoms with Gasteiger partial charge in [-0.1, -0.05) is 17.2 Å². The van der Waals surface area contributed by atoms with Crippen LogP contribution in [0.3, 0.4) is 0 Å². The number of amides is 2. The Morgan fingerprint density at radius 3 is 2.28 bits per heavy atom. The third-order valence-electron chi connectivity index (χ3n) is 4.35. The third kappa shape index (κ3) is 2.63. The van der Waals surface area contributed by atoms with Crippen LogP contribution in [0.5, 0.6) is 0 Å². The maximum Gasteiger partial charge on any atom is 0.382 e. The molecule has 1 saturated heterocycles. The second kappa shape index (κ2) is 6.01. The molecular formula is C18H15N3O4. The summed E-state index contributed by atoms with van der Waals surface area (Å²) in [6, 6.07) is 9.79. The minimum atomic E-state index is -0.837. The number of aromatic nitrogens is 1. The summed E-state index contributed by atoms with van der Waals surface area (Å²) in [5.74, 6) is -2.13. The van der Waals surface area contributed by atoms with E-state index >= 15 is 0 Å². The van der Waals surface area contributed by atoms with Crippen LogP contribution in [0.1, 0.15) is 44.0 Å². The molecule has 1 aromatic heterocycles. The minimum Gasteiger partial charge on any atom is -0.371 e. The lowest BCUT2D eigenvalue weighted by molar-refractivity contribution is -0.0588. The van der Waals surface area contributed by atoms with Crippen molar-refractivity contribution < 1.29 is 19.2 Å². The number of carbonyl (C=O) groups is 3. The highest BCUT2D eigenvalue weighted by atomic mass is 16.7. The summed E-state index contributed by atoms with van der Waals surface area (Å²) in [4.78, 5) is 48.1. The number of nitrogens with zero attached hydrogens (tertiary/aromatic N) is 3. The van der Waals surface area contributed by atoms with Gasteiger partial charge in [-0.2, -0.15) is 0 Å². The van der Waals surface area contributed by atoms with Gasteiger partial charge in [0.15, 0.2) is 5.69 Å². The largest absolute Gasteiger partial charge is 0.382 e. The van der Waals surface area contributed by atoms with E-state index in [-0.39, 0.29) is 16.8 Å². The number of benzene rings is 1. The summed E-state index contributed by atoms with van der Waals surface area (Å²) in [5, 5.41) is 0.497. The van der Waals surface area contributed by atoms with E-state index in [1.807, 2.05) is 6.07 Å². The number of carbonyl (C=O) groups excluding carboxylic acids is 3. The third-order valence-corrected chi connectivity index (χ3v) is 4.35. The van der Waals surface area contributed by atoms with E-state index in [9.17, 15) is 14.4 Å². The number of hydrogen-bond donors (Lipinski definition) is 0. The van der Waals surface area contributed by atoms with Crippen LogP contribution in [0, 0.1) is 0 Å². The lowest BCUT2D eigenvalue weighted by Gasteiger charge is -2.18. The van der Waals surface area contributed by atoms with Crippen molar-refractivity contribution in [2.75, 3.05) is 18.0 Å². The molecule has 2 aliphatic rings. The van der Waals surface area contributed by atoms with Gasteiger partial charge in [0.2, 0.25) is 0 Å². The van der Waals surface area contributed by atoms with Gasteiger partial charge in [-0.3, -0.25) is 9.59 Å². The molecule has 2 aliphatic heterocycles. The number of fused-ring (bicyclic) bond motifs is 1. The van der Waals surface area contributed by atoms with Gasteiger partial charge in [0.1, 0.15) is 0 Å². The molecule has 1 aromatic carbocycles. The van der Waals surface area contributed by atoms with E-state index in [2.05, 4.69) is 9.88 Å². The number of imide groups is 1. The van der Waals surface area contributed by atoms with Crippen LogP contribution in [-0.2, 0) is 4.84 Å². The standard InChI is InChI=1S/C18H15N3O4/c22-16-13-5-1-2-6-14(13)17(23)21(16)25-18(24)15-11-12(7-8-19-15)20-9-3-4-10-20/h1-2,5-8,11H,3-4,9-10H2. The summed E-state index contributed by atoms with van der Waals surface area (Å²) in [7, 11) is 0. The van der Waals surface area contributed by atoms with E-state index in [4.69, 9.17) is 4.84 Å². The van der Waals surface area contributed by atoms with E-state index in [1.165, 1.54) is 18.3 Å². The highest BCUT2D eigenvalue weighted by Crippen LogP contribution is 2.24. The second-order valence-electron chi connectivity index (χ2n) is 5.92. The molecule has 7 heteroatoms. The molecule has 2 amide bonds. The van der Waals surface area contributed by atoms with Crippen LogP contribution in [0.4, 0.5) is 5.69 Å². The zero-order valence-corrected chi connectivity index (χ0v) is 13.3. The summed E-state index contributed by atoms with van der Waals surface area (Å²) < 4.78 is 0. The molecular weight excluding hydrogens is 322 g/mol. The normalized spacial score (nSPS) is 16.3. The van der Waals surface area contributed by atoms with E-state index in [1.54, 1.807) is 18.2 Å². The molecule has 0 aliphatic carbocycles. The Labute approximate surface area is 143 Å². The topological polar surface area (TPSA) is 79.8 Å². The quantitative estimate of drug-likeness (QED) is 0.798. The van der Waals surface area contributed by atoms with Crippen molar-refractivity contribution in [3.8, 4) is 0 Å². The molecule has 0 radical (unpaired) electrons. The van der Waals surface area contributed by atoms with Crippen LogP contribution in [0.2, 0.25) is 0 Å². The fourth-order valence-electron chi connectivity index (χ4n) is 3.08. The van der Waals surface area contributed by atoms with Crippen molar-refractivity contribution in [1.82, 2.24) is 10.0 Å². The Balaban J connectivity index is 1.54. The minimum absolute atomic E-state index is 0.0564. The summed E-state index contributed by atoms with van der Waals surface area (Å²) >= 11 is 0. The molecule has 0 saturated carbocycles. The Morgan fingerprint density at radius 1 is 1.00 bits per heavy atom. The van der Waals surface area contributed by atoms with Crippen molar-refractivity contribution in [3.63, 3.8) is 0 Å². The Kier molecular flexibility index (Phi) is 3.68. The lowest BCUT2D eigenvalue weighted by Crippen LogP contribution is -2.33. The van der Waals surface area contributed by atoms with E-state index in [0.717, 1.165) is 31.6 Å². The smallest absolute Gasteiger partial charge is 0.371 e. The van der Waals surface area contributed by atoms with Crippen molar-refractivity contribution in [1.29, 1.82) is 0 Å². The Bertz CT molecular complexity index is 839. The number of rotatable bonds is 3. The molecule has 0 spiro atoms. The number of hydrogen-bond acceptors (Lipinski definition) is 6. The SMILES string of the molecule is O=C(ON1C(=O)c2ccccc2C1=O)c1cc(N2CCCC2)ccn1. The molecule has 7 nitrogen and oxygen atoms in total. The monoisotopic (exact) mass is 337 g/mol. The molecule has 126 valence electrons. The van der Waals surface area contributed by atoms with Crippen LogP contribution in [0.15, 0.2) is 42.6 Å². The number of hydroxylamine groups is 2. The molecule has 2 aromatic rings. The van der Waals surface area contributed by atoms with Gasteiger partial charge in [0.25, 0.3) is 11.8 Å². The number of pyridine rings is 1. The van der Waals surface area contributed by atoms with Gasteiger partial charge in [0, 0.05) is 25.0 Å². The van der Waals surface area contributed by atoms with E-state index in [0.29, 0.717) is 5.06 Å². The van der Waals surface area contributed by atoms with Gasteiger partial charge in [0.05, 0.1) is 11.1 Å². The first-order chi connectivity index (χ1) is 12.1. The summed E-state index contributed by atoms with van der Waals surface area (Å²) in [6.07, 6.45) is 3.74. The van der Waals surface area contributed by atoms with Gasteiger partial charge < -0.3 is 9.74 Å². The molecule has 0 bridgehead atoms. The molecule has 4 rings (SSSR count). The Morgan fingerprint density at radius 2 is 1.64 bits per heavy atom. The van der Waals surface area contributed by atoms with Crippen LogP contribution >= 0.6 is 0 Å². The first kappa shape index (κ1) is 15.3. The lowest BCUT2D eigenvalue weighted by atomic mass is 10.1. The zero-order chi connectivity index (χ0) is 17.4. The van der Waals surface area contributed by atoms with Crippen LogP contribution in [-0.4, -0.2) is 40.9 Å². The predicted octanol–water partition coefficient (Wildman–Crippen LogP) is 2.05. The molecule has 1 fully saturated rings. The average molecular weight is 337 g/mol. The zero-order valence-electron chi connectivity index (χ0n) is 13.3.